The van der Waals surface area contributed by atoms with Gasteiger partial charge >= 0.3 is 0 Å². The monoisotopic (exact) mass is 397 g/mol. The van der Waals surface area contributed by atoms with Crippen LogP contribution in [-0.4, -0.2) is 23.1 Å². The van der Waals surface area contributed by atoms with E-state index in [9.17, 15) is 21.2 Å². The van der Waals surface area contributed by atoms with Gasteiger partial charge in [-0.05, 0) is 36.4 Å². The SMILES string of the molecule is CS(=O)(=O)c1ccc(F)c(NS(=O)(=O)c2ccc(Cl)c(Cl)c2)c1. The van der Waals surface area contributed by atoms with Crippen LogP contribution in [0.2, 0.25) is 10.0 Å². The predicted molar refractivity (Wildman–Crippen MR) is 86.8 cm³/mol. The maximum atomic E-state index is 13.8. The van der Waals surface area contributed by atoms with Crippen LogP contribution in [0.15, 0.2) is 46.2 Å². The van der Waals surface area contributed by atoms with E-state index in [0.717, 1.165) is 30.5 Å². The quantitative estimate of drug-likeness (QED) is 0.802. The fraction of sp³-hybridized carbons (Fsp3) is 0.0769. The third kappa shape index (κ3) is 4.14. The lowest BCUT2D eigenvalue weighted by Crippen LogP contribution is -2.14. The van der Waals surface area contributed by atoms with Crippen LogP contribution in [0.3, 0.4) is 0 Å². The van der Waals surface area contributed by atoms with Crippen LogP contribution in [0, 0.1) is 5.82 Å². The molecule has 0 spiro atoms. The standard InChI is InChI=1S/C13H10Cl2FNO4S2/c1-22(18,19)8-3-5-12(16)13(7-8)17-23(20,21)9-2-4-10(14)11(15)6-9/h2-7,17H,1H3. The van der Waals surface area contributed by atoms with Gasteiger partial charge in [-0.15, -0.1) is 0 Å². The second-order valence-corrected chi connectivity index (χ2v) is 9.11. The summed E-state index contributed by atoms with van der Waals surface area (Å²) >= 11 is 11.5. The van der Waals surface area contributed by atoms with Gasteiger partial charge in [-0.2, -0.15) is 0 Å². The van der Waals surface area contributed by atoms with Crippen LogP contribution < -0.4 is 4.72 Å². The highest BCUT2D eigenvalue weighted by Gasteiger charge is 2.19. The lowest BCUT2D eigenvalue weighted by Gasteiger charge is -2.11. The van der Waals surface area contributed by atoms with E-state index in [1.165, 1.54) is 12.1 Å². The molecule has 2 aromatic carbocycles. The van der Waals surface area contributed by atoms with E-state index in [-0.39, 0.29) is 19.8 Å². The first-order valence-electron chi connectivity index (χ1n) is 5.98. The fourth-order valence-electron chi connectivity index (χ4n) is 1.66. The normalized spacial score (nSPS) is 12.2. The summed E-state index contributed by atoms with van der Waals surface area (Å²) in [6.07, 6.45) is 0.928. The van der Waals surface area contributed by atoms with Crippen LogP contribution in [0.1, 0.15) is 0 Å². The Morgan fingerprint density at radius 2 is 1.52 bits per heavy atom. The number of benzene rings is 2. The summed E-state index contributed by atoms with van der Waals surface area (Å²) in [5.41, 5.74) is -0.487. The molecule has 0 aliphatic carbocycles. The molecule has 0 bridgehead atoms. The molecule has 124 valence electrons. The van der Waals surface area contributed by atoms with E-state index >= 15 is 0 Å². The number of halogens is 3. The first-order chi connectivity index (χ1) is 10.5. The summed E-state index contributed by atoms with van der Waals surface area (Å²) in [6, 6.07) is 6.38. The third-order valence-electron chi connectivity index (χ3n) is 2.81. The molecule has 10 heteroatoms. The van der Waals surface area contributed by atoms with Gasteiger partial charge in [0, 0.05) is 6.26 Å². The molecule has 5 nitrogen and oxygen atoms in total. The summed E-state index contributed by atoms with van der Waals surface area (Å²) in [7, 11) is -7.78. The van der Waals surface area contributed by atoms with E-state index in [1.54, 1.807) is 0 Å². The Hall–Kier alpha value is -1.35. The number of anilines is 1. The number of sulfone groups is 1. The van der Waals surface area contributed by atoms with Gasteiger partial charge in [-0.25, -0.2) is 21.2 Å². The minimum absolute atomic E-state index is 0.0138. The Morgan fingerprint density at radius 3 is 2.09 bits per heavy atom. The molecule has 0 aliphatic rings. The Bertz CT molecular complexity index is 975. The molecule has 2 rings (SSSR count). The van der Waals surface area contributed by atoms with Crippen molar-refractivity contribution >= 4 is 48.7 Å². The van der Waals surface area contributed by atoms with Crippen LogP contribution in [0.25, 0.3) is 0 Å². The van der Waals surface area contributed by atoms with Gasteiger partial charge in [-0.3, -0.25) is 4.72 Å². The van der Waals surface area contributed by atoms with E-state index < -0.39 is 31.4 Å². The molecule has 0 amide bonds. The molecule has 1 N–H and O–H groups in total. The van der Waals surface area contributed by atoms with E-state index in [2.05, 4.69) is 0 Å². The van der Waals surface area contributed by atoms with Gasteiger partial charge in [0.15, 0.2) is 9.84 Å². The van der Waals surface area contributed by atoms with Crippen molar-refractivity contribution < 1.29 is 21.2 Å². The molecule has 0 saturated heterocycles. The first-order valence-corrected chi connectivity index (χ1v) is 10.1. The zero-order valence-electron chi connectivity index (χ0n) is 11.5. The second kappa shape index (κ2) is 6.27. The number of rotatable bonds is 4. The maximum Gasteiger partial charge on any atom is 0.262 e. The van der Waals surface area contributed by atoms with E-state index in [4.69, 9.17) is 23.2 Å². The van der Waals surface area contributed by atoms with E-state index in [0.29, 0.717) is 0 Å². The van der Waals surface area contributed by atoms with Crippen LogP contribution >= 0.6 is 23.2 Å². The zero-order chi connectivity index (χ0) is 17.4. The van der Waals surface area contributed by atoms with Gasteiger partial charge in [0.2, 0.25) is 0 Å². The van der Waals surface area contributed by atoms with E-state index in [1.807, 2.05) is 4.72 Å². The Kier molecular flexibility index (Phi) is 4.91. The molecule has 0 radical (unpaired) electrons. The summed E-state index contributed by atoms with van der Waals surface area (Å²) in [5, 5.41) is 0.177. The van der Waals surface area contributed by atoms with Crippen LogP contribution in [0.5, 0.6) is 0 Å². The highest BCUT2D eigenvalue weighted by Crippen LogP contribution is 2.27. The number of hydrogen-bond acceptors (Lipinski definition) is 4. The predicted octanol–water partition coefficient (Wildman–Crippen LogP) is 3.34. The number of nitrogens with one attached hydrogen (secondary N) is 1. The van der Waals surface area contributed by atoms with Gasteiger partial charge < -0.3 is 0 Å². The molecule has 0 aromatic heterocycles. The van der Waals surface area contributed by atoms with Gasteiger partial charge in [0.1, 0.15) is 5.82 Å². The number of hydrogen-bond donors (Lipinski definition) is 1. The van der Waals surface area contributed by atoms with Crippen LogP contribution in [-0.2, 0) is 19.9 Å². The highest BCUT2D eigenvalue weighted by molar-refractivity contribution is 7.92. The average Bonchev–Trinajstić information content (AvgIpc) is 2.42. The van der Waals surface area contributed by atoms with Gasteiger partial charge in [0.25, 0.3) is 10.0 Å². The Labute approximate surface area is 143 Å². The molecular formula is C13H10Cl2FNO4S2. The summed E-state index contributed by atoms with van der Waals surface area (Å²) in [5.74, 6) is -0.916. The molecule has 0 fully saturated rings. The van der Waals surface area contributed by atoms with Gasteiger partial charge in [-0.1, -0.05) is 23.2 Å². The fourth-order valence-corrected chi connectivity index (χ4v) is 3.75. The summed E-state index contributed by atoms with van der Waals surface area (Å²) < 4.78 is 63.2. The smallest absolute Gasteiger partial charge is 0.262 e. The zero-order valence-corrected chi connectivity index (χ0v) is 14.7. The molecule has 0 aliphatic heterocycles. The molecule has 0 atom stereocenters. The van der Waals surface area contributed by atoms with Crippen molar-refractivity contribution in [3.63, 3.8) is 0 Å². The number of sulfonamides is 1. The molecule has 23 heavy (non-hydrogen) atoms. The molecule has 2 aromatic rings. The van der Waals surface area contributed by atoms with Crippen molar-refractivity contribution in [2.24, 2.45) is 0 Å². The Balaban J connectivity index is 2.46. The third-order valence-corrected chi connectivity index (χ3v) is 6.02. The minimum atomic E-state index is -4.17. The second-order valence-electron chi connectivity index (χ2n) is 4.60. The van der Waals surface area contributed by atoms with Crippen molar-refractivity contribution in [1.29, 1.82) is 0 Å². The van der Waals surface area contributed by atoms with Crippen molar-refractivity contribution in [2.45, 2.75) is 9.79 Å². The van der Waals surface area contributed by atoms with Crippen molar-refractivity contribution in [2.75, 3.05) is 11.0 Å². The molecule has 0 saturated carbocycles. The largest absolute Gasteiger partial charge is 0.277 e. The average molecular weight is 398 g/mol. The van der Waals surface area contributed by atoms with Gasteiger partial charge in [0.05, 0.1) is 25.5 Å². The van der Waals surface area contributed by atoms with Crippen molar-refractivity contribution in [3.8, 4) is 0 Å². The Morgan fingerprint density at radius 1 is 0.913 bits per heavy atom. The molecule has 0 unspecified atom stereocenters. The first kappa shape index (κ1) is 18.0. The minimum Gasteiger partial charge on any atom is -0.277 e. The summed E-state index contributed by atoms with van der Waals surface area (Å²) in [4.78, 5) is -0.457. The van der Waals surface area contributed by atoms with Crippen molar-refractivity contribution in [3.05, 3.63) is 52.3 Å². The van der Waals surface area contributed by atoms with Crippen LogP contribution in [0.4, 0.5) is 10.1 Å². The lowest BCUT2D eigenvalue weighted by molar-refractivity contribution is 0.595. The van der Waals surface area contributed by atoms with Crippen molar-refractivity contribution in [1.82, 2.24) is 0 Å². The molecule has 0 heterocycles. The maximum absolute atomic E-state index is 13.8. The highest BCUT2D eigenvalue weighted by atomic mass is 35.5. The lowest BCUT2D eigenvalue weighted by atomic mass is 10.3. The topological polar surface area (TPSA) is 80.3 Å². The molecular weight excluding hydrogens is 388 g/mol. The summed E-state index contributed by atoms with van der Waals surface area (Å²) in [6.45, 7) is 0.